The van der Waals surface area contributed by atoms with Gasteiger partial charge in [0, 0.05) is 24.1 Å². The monoisotopic (exact) mass is 598 g/mol. The minimum absolute atomic E-state index is 0.0330. The summed E-state index contributed by atoms with van der Waals surface area (Å²) in [6.07, 6.45) is 3.74. The molecule has 0 radical (unpaired) electrons. The molecule has 1 aliphatic carbocycles. The predicted octanol–water partition coefficient (Wildman–Crippen LogP) is 6.26. The van der Waals surface area contributed by atoms with Gasteiger partial charge in [-0.3, -0.25) is 10.1 Å². The Labute approximate surface area is 250 Å². The maximum absolute atomic E-state index is 14.6. The highest BCUT2D eigenvalue weighted by atomic mass is 19.1. The molecule has 1 aliphatic rings. The summed E-state index contributed by atoms with van der Waals surface area (Å²) in [6.45, 7) is 0. The van der Waals surface area contributed by atoms with E-state index in [4.69, 9.17) is 25.0 Å². The number of carbonyl (C=O) groups excluding carboxylic acids is 1. The first-order valence-electron chi connectivity index (χ1n) is 13.9. The Kier molecular flexibility index (Phi) is 7.75. The number of halogens is 1. The molecule has 44 heavy (non-hydrogen) atoms. The van der Waals surface area contributed by atoms with E-state index in [1.54, 1.807) is 30.3 Å². The molecule has 0 unspecified atom stereocenters. The average Bonchev–Trinajstić information content (AvgIpc) is 3.44. The zero-order valence-corrected chi connectivity index (χ0v) is 23.6. The predicted molar refractivity (Wildman–Crippen MR) is 158 cm³/mol. The second-order valence-electron chi connectivity index (χ2n) is 10.3. The summed E-state index contributed by atoms with van der Waals surface area (Å²) in [5.41, 5.74) is 8.30. The van der Waals surface area contributed by atoms with Crippen LogP contribution in [0.2, 0.25) is 0 Å². The number of nitrogens with zero attached hydrogens (tertiary/aromatic N) is 5. The molecule has 2 heterocycles. The lowest BCUT2D eigenvalue weighted by atomic mass is 9.93. The normalized spacial score (nSPS) is 16.4. The number of ether oxygens (including phenoxy) is 3. The summed E-state index contributed by atoms with van der Waals surface area (Å²) in [5.74, 6) is -0.341. The van der Waals surface area contributed by atoms with Gasteiger partial charge < -0.3 is 19.9 Å². The molecule has 2 atom stereocenters. The molecule has 0 saturated heterocycles. The largest absolute Gasteiger partial charge is 0.494 e. The summed E-state index contributed by atoms with van der Waals surface area (Å²) < 4.78 is 33.0. The lowest BCUT2D eigenvalue weighted by Crippen LogP contribution is -2.28. The third-order valence-electron chi connectivity index (χ3n) is 7.55. The van der Waals surface area contributed by atoms with Crippen LogP contribution in [0.4, 0.5) is 15.9 Å². The van der Waals surface area contributed by atoms with Crippen molar-refractivity contribution >= 4 is 28.5 Å². The molecule has 1 fully saturated rings. The van der Waals surface area contributed by atoms with Crippen molar-refractivity contribution in [3.63, 3.8) is 0 Å². The minimum Gasteiger partial charge on any atom is -0.494 e. The number of nitro groups is 1. The SMILES string of the molecule is COc1cccc(Oc2ccc(-c3nn([C@@H]4CCC[C@@H](OC(=O)c5ccc([N+](=O)[O-])cc5)C4)c4ncnc(N)c34)cc2)c1F. The highest BCUT2D eigenvalue weighted by molar-refractivity contribution is 5.98. The van der Waals surface area contributed by atoms with Crippen LogP contribution in [0.15, 0.2) is 73.1 Å². The number of nitro benzene ring substituents is 1. The first-order chi connectivity index (χ1) is 21.3. The van der Waals surface area contributed by atoms with Crippen LogP contribution in [0.25, 0.3) is 22.3 Å². The van der Waals surface area contributed by atoms with Gasteiger partial charge in [0.1, 0.15) is 29.7 Å². The second-order valence-corrected chi connectivity index (χ2v) is 10.3. The fourth-order valence-electron chi connectivity index (χ4n) is 5.38. The molecule has 12 nitrogen and oxygen atoms in total. The fourth-order valence-corrected chi connectivity index (χ4v) is 5.38. The van der Waals surface area contributed by atoms with Gasteiger partial charge in [0.25, 0.3) is 5.69 Å². The zero-order valence-electron chi connectivity index (χ0n) is 23.6. The Morgan fingerprint density at radius 1 is 1.05 bits per heavy atom. The number of methoxy groups -OCH3 is 1. The van der Waals surface area contributed by atoms with Crippen LogP contribution in [0.5, 0.6) is 17.2 Å². The zero-order chi connectivity index (χ0) is 30.8. The van der Waals surface area contributed by atoms with E-state index >= 15 is 0 Å². The van der Waals surface area contributed by atoms with Crippen molar-refractivity contribution in [2.24, 2.45) is 0 Å². The van der Waals surface area contributed by atoms with E-state index in [2.05, 4.69) is 9.97 Å². The van der Waals surface area contributed by atoms with Crippen molar-refractivity contribution in [1.29, 1.82) is 0 Å². The Bertz CT molecular complexity index is 1840. The van der Waals surface area contributed by atoms with Crippen LogP contribution < -0.4 is 15.2 Å². The van der Waals surface area contributed by atoms with Gasteiger partial charge in [-0.15, -0.1) is 0 Å². The lowest BCUT2D eigenvalue weighted by Gasteiger charge is -2.29. The maximum Gasteiger partial charge on any atom is 0.338 e. The van der Waals surface area contributed by atoms with Crippen molar-refractivity contribution in [3.8, 4) is 28.5 Å². The quantitative estimate of drug-likeness (QED) is 0.123. The van der Waals surface area contributed by atoms with E-state index < -0.39 is 16.7 Å². The number of hydrogen-bond donors (Lipinski definition) is 1. The summed E-state index contributed by atoms with van der Waals surface area (Å²) >= 11 is 0. The first kappa shape index (κ1) is 28.5. The first-order valence-corrected chi connectivity index (χ1v) is 13.9. The molecule has 0 amide bonds. The summed E-state index contributed by atoms with van der Waals surface area (Å²) in [5, 5.41) is 16.4. The van der Waals surface area contributed by atoms with E-state index in [1.165, 1.54) is 49.8 Å². The Hall–Kier alpha value is -5.59. The number of anilines is 1. The fraction of sp³-hybridized carbons (Fsp3) is 0.226. The highest BCUT2D eigenvalue weighted by Crippen LogP contribution is 2.38. The molecular formula is C31H27FN6O6. The average molecular weight is 599 g/mol. The van der Waals surface area contributed by atoms with Crippen LogP contribution in [-0.4, -0.2) is 43.9 Å². The number of hydrogen-bond acceptors (Lipinski definition) is 10. The molecular weight excluding hydrogens is 571 g/mol. The number of fused-ring (bicyclic) bond motifs is 1. The summed E-state index contributed by atoms with van der Waals surface area (Å²) in [6, 6.07) is 16.8. The Balaban J connectivity index is 1.23. The van der Waals surface area contributed by atoms with Crippen LogP contribution in [0.3, 0.4) is 0 Å². The van der Waals surface area contributed by atoms with Gasteiger partial charge in [0.05, 0.1) is 29.0 Å². The van der Waals surface area contributed by atoms with Crippen LogP contribution in [0.1, 0.15) is 42.1 Å². The molecule has 6 rings (SSSR count). The van der Waals surface area contributed by atoms with Crippen LogP contribution in [0, 0.1) is 15.9 Å². The molecule has 0 aliphatic heterocycles. The van der Waals surface area contributed by atoms with E-state index in [0.29, 0.717) is 35.3 Å². The van der Waals surface area contributed by atoms with Gasteiger partial charge in [-0.2, -0.15) is 9.49 Å². The minimum atomic E-state index is -0.599. The Morgan fingerprint density at radius 3 is 2.52 bits per heavy atom. The number of nitrogens with two attached hydrogens (primary N) is 1. The molecule has 2 aromatic heterocycles. The molecule has 13 heteroatoms. The molecule has 0 bridgehead atoms. The van der Waals surface area contributed by atoms with Crippen molar-refractivity contribution < 1.29 is 28.3 Å². The third-order valence-corrected chi connectivity index (χ3v) is 7.55. The van der Waals surface area contributed by atoms with E-state index in [-0.39, 0.29) is 40.7 Å². The van der Waals surface area contributed by atoms with Crippen molar-refractivity contribution in [2.75, 3.05) is 12.8 Å². The van der Waals surface area contributed by atoms with Crippen LogP contribution >= 0.6 is 0 Å². The van der Waals surface area contributed by atoms with Crippen molar-refractivity contribution in [2.45, 2.75) is 37.8 Å². The number of non-ortho nitro benzene ring substituents is 1. The maximum atomic E-state index is 14.6. The Morgan fingerprint density at radius 2 is 1.80 bits per heavy atom. The standard InChI is InChI=1S/C31H27FN6O6/c1-42-24-6-3-7-25(27(24)32)43-22-14-10-18(11-15-22)28-26-29(33)34-17-35-30(26)37(36-28)21-4-2-5-23(16-21)44-31(39)19-8-12-20(13-9-19)38(40)41/h3,6-15,17,21,23H,2,4-5,16H2,1H3,(H2,33,34,35)/t21-,23-/m1/s1. The van der Waals surface area contributed by atoms with Gasteiger partial charge >= 0.3 is 5.97 Å². The molecule has 2 N–H and O–H groups in total. The molecule has 3 aromatic carbocycles. The smallest absolute Gasteiger partial charge is 0.338 e. The molecule has 1 saturated carbocycles. The van der Waals surface area contributed by atoms with Gasteiger partial charge in [-0.1, -0.05) is 6.07 Å². The van der Waals surface area contributed by atoms with Gasteiger partial charge in [0.2, 0.25) is 5.82 Å². The molecule has 224 valence electrons. The van der Waals surface area contributed by atoms with Crippen LogP contribution in [-0.2, 0) is 4.74 Å². The number of rotatable bonds is 8. The number of nitrogen functional groups attached to an aromatic ring is 1. The van der Waals surface area contributed by atoms with E-state index in [1.807, 2.05) is 4.68 Å². The van der Waals surface area contributed by atoms with E-state index in [9.17, 15) is 19.3 Å². The van der Waals surface area contributed by atoms with Gasteiger partial charge in [0.15, 0.2) is 17.1 Å². The number of carbonyl (C=O) groups is 1. The van der Waals surface area contributed by atoms with Crippen molar-refractivity contribution in [3.05, 3.63) is 94.6 Å². The summed E-state index contributed by atoms with van der Waals surface area (Å²) in [4.78, 5) is 31.9. The summed E-state index contributed by atoms with van der Waals surface area (Å²) in [7, 11) is 1.39. The third kappa shape index (κ3) is 5.59. The lowest BCUT2D eigenvalue weighted by molar-refractivity contribution is -0.384. The van der Waals surface area contributed by atoms with Gasteiger partial charge in [-0.05, 0) is 67.8 Å². The van der Waals surface area contributed by atoms with E-state index in [0.717, 1.165) is 18.4 Å². The van der Waals surface area contributed by atoms with Crippen molar-refractivity contribution in [1.82, 2.24) is 19.7 Å². The number of esters is 1. The topological polar surface area (TPSA) is 158 Å². The van der Waals surface area contributed by atoms with Gasteiger partial charge in [-0.25, -0.2) is 19.4 Å². The molecule has 5 aromatic rings. The number of benzene rings is 3. The molecule has 0 spiro atoms. The highest BCUT2D eigenvalue weighted by Gasteiger charge is 2.30. The number of aromatic nitrogens is 4. The second kappa shape index (κ2) is 12.0.